The second kappa shape index (κ2) is 5.29. The number of benzene rings is 1. The second-order valence-electron chi connectivity index (χ2n) is 5.72. The molecular weight excluding hydrogens is 254 g/mol. The largest absolute Gasteiger partial charge is 0.469 e. The van der Waals surface area contributed by atoms with Crippen LogP contribution in [0.1, 0.15) is 37.5 Å². The van der Waals surface area contributed by atoms with Crippen LogP contribution in [0, 0.1) is 6.92 Å². The van der Waals surface area contributed by atoms with E-state index in [4.69, 9.17) is 14.9 Å². The molecule has 1 atom stereocenters. The Morgan fingerprint density at radius 1 is 1.40 bits per heavy atom. The highest BCUT2D eigenvalue weighted by Gasteiger charge is 2.33. The van der Waals surface area contributed by atoms with Crippen LogP contribution >= 0.6 is 0 Å². The molecule has 0 saturated carbocycles. The number of ether oxygens (including phenoxy) is 1. The average molecular weight is 275 g/mol. The number of esters is 1. The van der Waals surface area contributed by atoms with Gasteiger partial charge in [0.2, 0.25) is 0 Å². The van der Waals surface area contributed by atoms with Crippen LogP contribution in [0.15, 0.2) is 28.7 Å². The maximum Gasteiger partial charge on any atom is 0.306 e. The van der Waals surface area contributed by atoms with Crippen LogP contribution in [0.2, 0.25) is 0 Å². The number of hydrogen-bond donors (Lipinski definition) is 1. The van der Waals surface area contributed by atoms with Gasteiger partial charge in [-0.3, -0.25) is 4.79 Å². The number of aryl methyl sites for hydroxylation is 1. The Labute approximate surface area is 118 Å². The Bertz CT molecular complexity index is 622. The van der Waals surface area contributed by atoms with Gasteiger partial charge in [-0.05, 0) is 26.8 Å². The number of methoxy groups -OCH3 is 1. The third-order valence-corrected chi connectivity index (χ3v) is 3.66. The van der Waals surface area contributed by atoms with Gasteiger partial charge in [-0.2, -0.15) is 0 Å². The first kappa shape index (κ1) is 14.6. The van der Waals surface area contributed by atoms with Gasteiger partial charge in [0.25, 0.3) is 0 Å². The molecule has 20 heavy (non-hydrogen) atoms. The molecule has 0 aliphatic rings. The number of nitrogens with two attached hydrogens (primary N) is 1. The molecule has 1 aromatic carbocycles. The molecule has 108 valence electrons. The molecule has 0 saturated heterocycles. The summed E-state index contributed by atoms with van der Waals surface area (Å²) in [4.78, 5) is 11.7. The zero-order valence-corrected chi connectivity index (χ0v) is 12.4. The third-order valence-electron chi connectivity index (χ3n) is 3.66. The fourth-order valence-corrected chi connectivity index (χ4v) is 2.61. The van der Waals surface area contributed by atoms with Crippen LogP contribution in [-0.4, -0.2) is 18.6 Å². The number of carbonyl (C=O) groups is 1. The van der Waals surface area contributed by atoms with Crippen molar-refractivity contribution in [1.82, 2.24) is 0 Å². The van der Waals surface area contributed by atoms with E-state index in [1.807, 2.05) is 45.0 Å². The molecular formula is C16H21NO3. The van der Waals surface area contributed by atoms with E-state index in [-0.39, 0.29) is 18.3 Å². The van der Waals surface area contributed by atoms with Crippen molar-refractivity contribution >= 4 is 16.9 Å². The number of carbonyl (C=O) groups excluding carboxylic acids is 1. The van der Waals surface area contributed by atoms with Gasteiger partial charge in [0.05, 0.1) is 13.5 Å². The minimum absolute atomic E-state index is 0.154. The topological polar surface area (TPSA) is 65.5 Å². The van der Waals surface area contributed by atoms with Gasteiger partial charge < -0.3 is 14.9 Å². The van der Waals surface area contributed by atoms with Crippen molar-refractivity contribution in [3.05, 3.63) is 35.6 Å². The minimum Gasteiger partial charge on any atom is -0.469 e. The van der Waals surface area contributed by atoms with E-state index in [1.165, 1.54) is 7.11 Å². The maximum absolute atomic E-state index is 11.7. The van der Waals surface area contributed by atoms with Crippen molar-refractivity contribution < 1.29 is 13.9 Å². The molecule has 0 aliphatic carbocycles. The van der Waals surface area contributed by atoms with E-state index >= 15 is 0 Å². The second-order valence-corrected chi connectivity index (χ2v) is 5.72. The molecule has 1 aromatic heterocycles. The van der Waals surface area contributed by atoms with Crippen molar-refractivity contribution in [2.75, 3.05) is 7.11 Å². The lowest BCUT2D eigenvalue weighted by Crippen LogP contribution is -2.40. The lowest BCUT2D eigenvalue weighted by atomic mass is 9.79. The molecule has 0 fully saturated rings. The van der Waals surface area contributed by atoms with Crippen molar-refractivity contribution in [1.29, 1.82) is 0 Å². The Hall–Kier alpha value is -1.81. The van der Waals surface area contributed by atoms with E-state index in [1.54, 1.807) is 0 Å². The van der Waals surface area contributed by atoms with Crippen molar-refractivity contribution in [2.45, 2.75) is 38.6 Å². The number of fused-ring (bicyclic) bond motifs is 1. The summed E-state index contributed by atoms with van der Waals surface area (Å²) in [5.41, 5.74) is 7.55. The smallest absolute Gasteiger partial charge is 0.306 e. The number of furan rings is 1. The predicted octanol–water partition coefficient (Wildman–Crippen LogP) is 3.13. The van der Waals surface area contributed by atoms with Gasteiger partial charge in [-0.15, -0.1) is 0 Å². The molecule has 0 amide bonds. The molecule has 2 rings (SSSR count). The van der Waals surface area contributed by atoms with E-state index in [2.05, 4.69) is 0 Å². The first-order valence-electron chi connectivity index (χ1n) is 6.68. The first-order valence-corrected chi connectivity index (χ1v) is 6.68. The van der Waals surface area contributed by atoms with E-state index < -0.39 is 5.54 Å². The number of rotatable bonds is 4. The van der Waals surface area contributed by atoms with Gasteiger partial charge in [-0.25, -0.2) is 0 Å². The van der Waals surface area contributed by atoms with Crippen LogP contribution in [0.4, 0.5) is 0 Å². The Balaban J connectivity index is 2.56. The molecule has 0 spiro atoms. The van der Waals surface area contributed by atoms with Crippen LogP contribution in [-0.2, 0) is 9.53 Å². The maximum atomic E-state index is 11.7. The van der Waals surface area contributed by atoms with Gasteiger partial charge in [0, 0.05) is 22.4 Å². The van der Waals surface area contributed by atoms with E-state index in [9.17, 15) is 4.79 Å². The highest BCUT2D eigenvalue weighted by Crippen LogP contribution is 2.38. The van der Waals surface area contributed by atoms with Crippen LogP contribution in [0.25, 0.3) is 11.0 Å². The van der Waals surface area contributed by atoms with Gasteiger partial charge in [-0.1, -0.05) is 18.2 Å². The molecule has 0 bridgehead atoms. The Morgan fingerprint density at radius 3 is 2.65 bits per heavy atom. The summed E-state index contributed by atoms with van der Waals surface area (Å²) in [6, 6.07) is 7.80. The lowest BCUT2D eigenvalue weighted by Gasteiger charge is -2.30. The van der Waals surface area contributed by atoms with Crippen molar-refractivity contribution in [3.8, 4) is 0 Å². The van der Waals surface area contributed by atoms with Crippen LogP contribution in [0.5, 0.6) is 0 Å². The fraction of sp³-hybridized carbons (Fsp3) is 0.438. The summed E-state index contributed by atoms with van der Waals surface area (Å²) in [6.07, 6.45) is 0.240. The molecule has 4 nitrogen and oxygen atoms in total. The predicted molar refractivity (Wildman–Crippen MR) is 78.6 cm³/mol. The highest BCUT2D eigenvalue weighted by molar-refractivity contribution is 5.84. The van der Waals surface area contributed by atoms with E-state index in [0.717, 1.165) is 22.3 Å². The molecule has 1 heterocycles. The van der Waals surface area contributed by atoms with E-state index in [0.29, 0.717) is 0 Å². The summed E-state index contributed by atoms with van der Waals surface area (Å²) in [5.74, 6) is 0.385. The Kier molecular flexibility index (Phi) is 3.86. The summed E-state index contributed by atoms with van der Waals surface area (Å²) >= 11 is 0. The third kappa shape index (κ3) is 2.70. The molecule has 0 radical (unpaired) electrons. The number of para-hydroxylation sites is 1. The molecule has 0 aliphatic heterocycles. The highest BCUT2D eigenvalue weighted by atomic mass is 16.5. The van der Waals surface area contributed by atoms with Crippen molar-refractivity contribution in [3.63, 3.8) is 0 Å². The van der Waals surface area contributed by atoms with Gasteiger partial charge in [0.1, 0.15) is 11.3 Å². The van der Waals surface area contributed by atoms with Gasteiger partial charge >= 0.3 is 5.97 Å². The first-order chi connectivity index (χ1) is 9.34. The summed E-state index contributed by atoms with van der Waals surface area (Å²) < 4.78 is 10.6. The zero-order valence-electron chi connectivity index (χ0n) is 12.4. The van der Waals surface area contributed by atoms with Gasteiger partial charge in [0.15, 0.2) is 0 Å². The quantitative estimate of drug-likeness (QED) is 0.871. The van der Waals surface area contributed by atoms with Crippen LogP contribution < -0.4 is 5.73 Å². The Morgan fingerprint density at radius 2 is 2.05 bits per heavy atom. The average Bonchev–Trinajstić information content (AvgIpc) is 2.70. The standard InChI is InChI=1S/C16H21NO3/c1-10-15(11-7-5-6-8-13(11)20-10)12(16(2,3)17)9-14(18)19-4/h5-8,12H,9,17H2,1-4H3. The molecule has 2 N–H and O–H groups in total. The zero-order chi connectivity index (χ0) is 14.9. The number of hydrogen-bond acceptors (Lipinski definition) is 4. The normalized spacial score (nSPS) is 13.4. The molecule has 4 heteroatoms. The molecule has 1 unspecified atom stereocenters. The minimum atomic E-state index is -0.550. The summed E-state index contributed by atoms with van der Waals surface area (Å²) in [7, 11) is 1.39. The summed E-state index contributed by atoms with van der Waals surface area (Å²) in [5, 5.41) is 1.01. The fourth-order valence-electron chi connectivity index (χ4n) is 2.61. The molecule has 2 aromatic rings. The summed E-state index contributed by atoms with van der Waals surface area (Å²) in [6.45, 7) is 5.75. The SMILES string of the molecule is COC(=O)CC(c1c(C)oc2ccccc12)C(C)(C)N. The monoisotopic (exact) mass is 275 g/mol. The lowest BCUT2D eigenvalue weighted by molar-refractivity contribution is -0.141. The van der Waals surface area contributed by atoms with Crippen LogP contribution in [0.3, 0.4) is 0 Å². The van der Waals surface area contributed by atoms with Crippen molar-refractivity contribution in [2.24, 2.45) is 5.73 Å².